The van der Waals surface area contributed by atoms with E-state index in [9.17, 15) is 0 Å². The van der Waals surface area contributed by atoms with Crippen molar-refractivity contribution in [1.82, 2.24) is 9.97 Å². The first-order valence-corrected chi connectivity index (χ1v) is 8.53. The number of nitrogens with two attached hydrogens (primary N) is 1. The van der Waals surface area contributed by atoms with Crippen molar-refractivity contribution in [2.24, 2.45) is 11.7 Å². The lowest BCUT2D eigenvalue weighted by molar-refractivity contribution is 0.433. The summed E-state index contributed by atoms with van der Waals surface area (Å²) in [5, 5.41) is 0. The molecule has 1 atom stereocenters. The number of hydrogen-bond acceptors (Lipinski definition) is 2. The Morgan fingerprint density at radius 2 is 1.90 bits per heavy atom. The molecule has 116 valence electrons. The van der Waals surface area contributed by atoms with Crippen LogP contribution in [0, 0.1) is 5.92 Å². The predicted molar refractivity (Wildman–Crippen MR) is 86.8 cm³/mol. The van der Waals surface area contributed by atoms with E-state index in [1.165, 1.54) is 57.1 Å². The van der Waals surface area contributed by atoms with Gasteiger partial charge in [-0.3, -0.25) is 0 Å². The number of imidazole rings is 1. The number of hydrogen-bond donors (Lipinski definition) is 2. The maximum atomic E-state index is 5.55. The minimum Gasteiger partial charge on any atom is -0.348 e. The maximum absolute atomic E-state index is 5.55. The van der Waals surface area contributed by atoms with E-state index in [4.69, 9.17) is 5.73 Å². The van der Waals surface area contributed by atoms with Crippen LogP contribution in [-0.4, -0.2) is 16.5 Å². The summed E-state index contributed by atoms with van der Waals surface area (Å²) in [6.07, 6.45) is 15.0. The molecule has 0 amide bonds. The molecule has 3 heteroatoms. The Morgan fingerprint density at radius 3 is 2.60 bits per heavy atom. The van der Waals surface area contributed by atoms with Gasteiger partial charge in [0.25, 0.3) is 0 Å². The van der Waals surface area contributed by atoms with E-state index in [0.29, 0.717) is 6.54 Å². The van der Waals surface area contributed by atoms with Crippen LogP contribution in [0.1, 0.15) is 76.7 Å². The Hall–Kier alpha value is -0.830. The van der Waals surface area contributed by atoms with Crippen molar-refractivity contribution in [2.45, 2.75) is 78.1 Å². The van der Waals surface area contributed by atoms with Gasteiger partial charge in [-0.25, -0.2) is 4.98 Å². The van der Waals surface area contributed by atoms with Crippen LogP contribution in [0.15, 0.2) is 6.20 Å². The number of nitrogens with zero attached hydrogens (tertiary/aromatic N) is 1. The lowest BCUT2D eigenvalue weighted by atomic mass is 9.93. The van der Waals surface area contributed by atoms with Crippen LogP contribution in [-0.2, 0) is 12.8 Å². The first-order chi connectivity index (χ1) is 9.80. The number of unbranched alkanes of at least 4 members (excludes halogenated alkanes) is 5. The number of aromatic amines is 1. The highest BCUT2D eigenvalue weighted by molar-refractivity contribution is 5.02. The maximum Gasteiger partial charge on any atom is 0.107 e. The molecule has 1 unspecified atom stereocenters. The molecule has 1 aromatic heterocycles. The molecule has 0 aromatic carbocycles. The largest absolute Gasteiger partial charge is 0.348 e. The van der Waals surface area contributed by atoms with Gasteiger partial charge < -0.3 is 10.7 Å². The molecule has 0 aliphatic rings. The van der Waals surface area contributed by atoms with Gasteiger partial charge in [0.15, 0.2) is 0 Å². The van der Waals surface area contributed by atoms with Gasteiger partial charge >= 0.3 is 0 Å². The van der Waals surface area contributed by atoms with Gasteiger partial charge in [-0.2, -0.15) is 0 Å². The number of rotatable bonds is 12. The molecule has 0 aliphatic heterocycles. The van der Waals surface area contributed by atoms with E-state index < -0.39 is 0 Å². The first kappa shape index (κ1) is 17.2. The monoisotopic (exact) mass is 279 g/mol. The van der Waals surface area contributed by atoms with Crippen molar-refractivity contribution in [1.29, 1.82) is 0 Å². The summed E-state index contributed by atoms with van der Waals surface area (Å²) >= 11 is 0. The Morgan fingerprint density at radius 1 is 1.15 bits per heavy atom. The minimum atomic E-state index is 0.669. The third-order valence-corrected chi connectivity index (χ3v) is 4.11. The van der Waals surface area contributed by atoms with E-state index in [1.807, 2.05) is 0 Å². The van der Waals surface area contributed by atoms with Gasteiger partial charge in [-0.1, -0.05) is 65.2 Å². The summed E-state index contributed by atoms with van der Waals surface area (Å²) in [6, 6.07) is 0. The van der Waals surface area contributed by atoms with E-state index in [2.05, 4.69) is 30.0 Å². The Balaban J connectivity index is 2.20. The molecule has 0 fully saturated rings. The van der Waals surface area contributed by atoms with Gasteiger partial charge in [0.1, 0.15) is 5.82 Å². The van der Waals surface area contributed by atoms with Crippen molar-refractivity contribution >= 4 is 0 Å². The summed E-state index contributed by atoms with van der Waals surface area (Å²) in [7, 11) is 0. The lowest BCUT2D eigenvalue weighted by Crippen LogP contribution is -2.06. The van der Waals surface area contributed by atoms with Crippen LogP contribution in [0.3, 0.4) is 0 Å². The van der Waals surface area contributed by atoms with Gasteiger partial charge in [0.05, 0.1) is 5.69 Å². The van der Waals surface area contributed by atoms with Crippen molar-refractivity contribution in [2.75, 3.05) is 6.54 Å². The molecule has 1 heterocycles. The predicted octanol–water partition coefficient (Wildman–Crippen LogP) is 4.23. The average Bonchev–Trinajstić information content (AvgIpc) is 2.89. The van der Waals surface area contributed by atoms with E-state index in [0.717, 1.165) is 24.6 Å². The van der Waals surface area contributed by atoms with Crippen LogP contribution >= 0.6 is 0 Å². The van der Waals surface area contributed by atoms with Gasteiger partial charge in [0, 0.05) is 12.6 Å². The van der Waals surface area contributed by atoms with Gasteiger partial charge in [-0.05, 0) is 18.9 Å². The molecule has 0 saturated carbocycles. The molecule has 1 aromatic rings. The zero-order valence-corrected chi connectivity index (χ0v) is 13.5. The Bertz CT molecular complexity index is 333. The fourth-order valence-electron chi connectivity index (χ4n) is 2.73. The molecule has 0 bridgehead atoms. The molecule has 3 N–H and O–H groups in total. The molecule has 0 aliphatic carbocycles. The summed E-state index contributed by atoms with van der Waals surface area (Å²) in [6.45, 7) is 5.24. The van der Waals surface area contributed by atoms with Crippen LogP contribution in [0.2, 0.25) is 0 Å². The highest BCUT2D eigenvalue weighted by atomic mass is 14.9. The summed E-state index contributed by atoms with van der Waals surface area (Å²) < 4.78 is 0. The SMILES string of the molecule is CCCCCCCCC(CC)Cc1c[nH]c(CCN)n1. The molecule has 0 radical (unpaired) electrons. The zero-order chi connectivity index (χ0) is 14.6. The summed E-state index contributed by atoms with van der Waals surface area (Å²) in [5.74, 6) is 1.83. The van der Waals surface area contributed by atoms with Crippen molar-refractivity contribution in [3.8, 4) is 0 Å². The van der Waals surface area contributed by atoms with E-state index in [-0.39, 0.29) is 0 Å². The van der Waals surface area contributed by atoms with Crippen molar-refractivity contribution < 1.29 is 0 Å². The topological polar surface area (TPSA) is 54.7 Å². The van der Waals surface area contributed by atoms with Crippen LogP contribution < -0.4 is 5.73 Å². The van der Waals surface area contributed by atoms with E-state index >= 15 is 0 Å². The molecular weight excluding hydrogens is 246 g/mol. The quantitative estimate of drug-likeness (QED) is 0.563. The summed E-state index contributed by atoms with van der Waals surface area (Å²) in [5.41, 5.74) is 6.77. The Kier molecular flexibility index (Phi) is 9.38. The highest BCUT2D eigenvalue weighted by Crippen LogP contribution is 2.19. The molecule has 0 saturated heterocycles. The number of aromatic nitrogens is 2. The first-order valence-electron chi connectivity index (χ1n) is 8.53. The molecular formula is C17H33N3. The molecule has 1 rings (SSSR count). The molecule has 3 nitrogen and oxygen atoms in total. The Labute approximate surface area is 124 Å². The van der Waals surface area contributed by atoms with Crippen molar-refractivity contribution in [3.63, 3.8) is 0 Å². The van der Waals surface area contributed by atoms with E-state index in [1.54, 1.807) is 0 Å². The second-order valence-corrected chi connectivity index (χ2v) is 5.91. The lowest BCUT2D eigenvalue weighted by Gasteiger charge is -2.13. The van der Waals surface area contributed by atoms with Gasteiger partial charge in [-0.15, -0.1) is 0 Å². The summed E-state index contributed by atoms with van der Waals surface area (Å²) in [4.78, 5) is 7.86. The fourth-order valence-corrected chi connectivity index (χ4v) is 2.73. The third kappa shape index (κ3) is 7.09. The second-order valence-electron chi connectivity index (χ2n) is 5.91. The standard InChI is InChI=1S/C17H33N3/c1-3-5-6-7-8-9-10-15(4-2)13-16-14-19-17(20-16)11-12-18/h14-15H,3-13,18H2,1-2H3,(H,19,20). The number of nitrogens with one attached hydrogen (secondary N) is 1. The smallest absolute Gasteiger partial charge is 0.107 e. The number of H-pyrrole nitrogens is 1. The molecule has 20 heavy (non-hydrogen) atoms. The van der Waals surface area contributed by atoms with Crippen LogP contribution in [0.5, 0.6) is 0 Å². The zero-order valence-electron chi connectivity index (χ0n) is 13.5. The third-order valence-electron chi connectivity index (χ3n) is 4.11. The van der Waals surface area contributed by atoms with Gasteiger partial charge in [0.2, 0.25) is 0 Å². The average molecular weight is 279 g/mol. The van der Waals surface area contributed by atoms with Crippen LogP contribution in [0.4, 0.5) is 0 Å². The second kappa shape index (κ2) is 10.9. The molecule has 0 spiro atoms. The van der Waals surface area contributed by atoms with Crippen LogP contribution in [0.25, 0.3) is 0 Å². The minimum absolute atomic E-state index is 0.669. The normalized spacial score (nSPS) is 12.8. The highest BCUT2D eigenvalue weighted by Gasteiger charge is 2.10. The fraction of sp³-hybridized carbons (Fsp3) is 0.824. The van der Waals surface area contributed by atoms with Crippen molar-refractivity contribution in [3.05, 3.63) is 17.7 Å².